The minimum absolute atomic E-state index is 0.0411. The Morgan fingerprint density at radius 2 is 1.15 bits per heavy atom. The Balaban J connectivity index is 1.33. The zero-order valence-corrected chi connectivity index (χ0v) is 18.8. The van der Waals surface area contributed by atoms with E-state index in [1.54, 1.807) is 0 Å². The molecule has 4 aromatic rings. The molecule has 0 aliphatic carbocycles. The number of rotatable bonds is 11. The minimum atomic E-state index is 0.0411. The SMILES string of the molecule is C(=C\[C@H](CCc1ccc(OCc2ccccc2)cc1)OCc1ccccc1)/c1ccccc1. The van der Waals surface area contributed by atoms with Crippen LogP contribution in [0.4, 0.5) is 0 Å². The number of ether oxygens (including phenoxy) is 2. The van der Waals surface area contributed by atoms with E-state index in [0.29, 0.717) is 13.2 Å². The fraction of sp³-hybridized carbons (Fsp3) is 0.161. The van der Waals surface area contributed by atoms with Crippen molar-refractivity contribution in [2.24, 2.45) is 0 Å². The molecule has 0 bridgehead atoms. The molecule has 0 aromatic heterocycles. The molecular weight excluding hydrogens is 404 g/mol. The van der Waals surface area contributed by atoms with Crippen molar-refractivity contribution in [3.63, 3.8) is 0 Å². The standard InChI is InChI=1S/C31H30O2/c1-4-10-26(11-5-1)16-20-30(32-24-28-12-6-2-7-13-28)21-17-27-18-22-31(23-19-27)33-25-29-14-8-3-9-15-29/h1-16,18-20,22-23,30H,17,21,24-25H2/b20-16+/t30-/m1/s1. The largest absolute Gasteiger partial charge is 0.489 e. The van der Waals surface area contributed by atoms with Gasteiger partial charge >= 0.3 is 0 Å². The molecule has 0 radical (unpaired) electrons. The molecule has 1 atom stereocenters. The molecule has 0 N–H and O–H groups in total. The van der Waals surface area contributed by atoms with E-state index in [0.717, 1.165) is 18.6 Å². The molecule has 33 heavy (non-hydrogen) atoms. The first-order valence-corrected chi connectivity index (χ1v) is 11.5. The van der Waals surface area contributed by atoms with Gasteiger partial charge in [0.25, 0.3) is 0 Å². The molecular formula is C31H30O2. The zero-order valence-electron chi connectivity index (χ0n) is 18.8. The Bertz CT molecular complexity index is 1090. The van der Waals surface area contributed by atoms with Crippen LogP contribution in [-0.2, 0) is 24.4 Å². The average molecular weight is 435 g/mol. The zero-order chi connectivity index (χ0) is 22.6. The van der Waals surface area contributed by atoms with E-state index in [2.05, 4.69) is 97.1 Å². The summed E-state index contributed by atoms with van der Waals surface area (Å²) >= 11 is 0. The van der Waals surface area contributed by atoms with Gasteiger partial charge in [-0.05, 0) is 47.2 Å². The molecule has 0 unspecified atom stereocenters. The van der Waals surface area contributed by atoms with Gasteiger partial charge in [0.1, 0.15) is 12.4 Å². The summed E-state index contributed by atoms with van der Waals surface area (Å²) in [7, 11) is 0. The number of hydrogen-bond acceptors (Lipinski definition) is 2. The summed E-state index contributed by atoms with van der Waals surface area (Å²) in [6.45, 7) is 1.19. The molecule has 0 saturated heterocycles. The van der Waals surface area contributed by atoms with Crippen molar-refractivity contribution in [1.82, 2.24) is 0 Å². The third-order valence-corrected chi connectivity index (χ3v) is 5.50. The summed E-state index contributed by atoms with van der Waals surface area (Å²) < 4.78 is 12.2. The first-order chi connectivity index (χ1) is 16.3. The number of benzene rings is 4. The van der Waals surface area contributed by atoms with Crippen molar-refractivity contribution in [2.45, 2.75) is 32.2 Å². The van der Waals surface area contributed by atoms with Gasteiger partial charge in [0.05, 0.1) is 12.7 Å². The van der Waals surface area contributed by atoms with E-state index in [-0.39, 0.29) is 6.10 Å². The van der Waals surface area contributed by atoms with Gasteiger partial charge in [-0.1, -0.05) is 115 Å². The van der Waals surface area contributed by atoms with Crippen LogP contribution >= 0.6 is 0 Å². The van der Waals surface area contributed by atoms with E-state index in [1.165, 1.54) is 22.3 Å². The van der Waals surface area contributed by atoms with Gasteiger partial charge in [0, 0.05) is 0 Å². The average Bonchev–Trinajstić information content (AvgIpc) is 2.89. The molecule has 0 aliphatic heterocycles. The van der Waals surface area contributed by atoms with Crippen LogP contribution in [0.15, 0.2) is 121 Å². The summed E-state index contributed by atoms with van der Waals surface area (Å²) in [5.74, 6) is 0.892. The van der Waals surface area contributed by atoms with Crippen molar-refractivity contribution in [3.8, 4) is 5.75 Å². The summed E-state index contributed by atoms with van der Waals surface area (Å²) in [6, 6.07) is 39.3. The van der Waals surface area contributed by atoms with Gasteiger partial charge in [-0.15, -0.1) is 0 Å². The van der Waals surface area contributed by atoms with E-state index in [4.69, 9.17) is 9.47 Å². The second-order valence-electron chi connectivity index (χ2n) is 8.06. The Morgan fingerprint density at radius 1 is 0.576 bits per heavy atom. The first-order valence-electron chi connectivity index (χ1n) is 11.5. The quantitative estimate of drug-likeness (QED) is 0.243. The van der Waals surface area contributed by atoms with Crippen LogP contribution in [0.1, 0.15) is 28.7 Å². The van der Waals surface area contributed by atoms with E-state index in [1.807, 2.05) is 30.3 Å². The smallest absolute Gasteiger partial charge is 0.119 e. The lowest BCUT2D eigenvalue weighted by Gasteiger charge is -2.15. The van der Waals surface area contributed by atoms with Gasteiger partial charge in [-0.25, -0.2) is 0 Å². The van der Waals surface area contributed by atoms with Crippen LogP contribution in [0.25, 0.3) is 6.08 Å². The van der Waals surface area contributed by atoms with Crippen molar-refractivity contribution < 1.29 is 9.47 Å². The highest BCUT2D eigenvalue weighted by molar-refractivity contribution is 5.49. The van der Waals surface area contributed by atoms with Gasteiger partial charge in [0.15, 0.2) is 0 Å². The van der Waals surface area contributed by atoms with Gasteiger partial charge in [-0.2, -0.15) is 0 Å². The van der Waals surface area contributed by atoms with Crippen LogP contribution < -0.4 is 4.74 Å². The molecule has 0 spiro atoms. The van der Waals surface area contributed by atoms with E-state index >= 15 is 0 Å². The minimum Gasteiger partial charge on any atom is -0.489 e. The Morgan fingerprint density at radius 3 is 1.79 bits per heavy atom. The van der Waals surface area contributed by atoms with Crippen LogP contribution in [0.2, 0.25) is 0 Å². The van der Waals surface area contributed by atoms with Gasteiger partial charge in [-0.3, -0.25) is 0 Å². The predicted molar refractivity (Wildman–Crippen MR) is 136 cm³/mol. The topological polar surface area (TPSA) is 18.5 Å². The third kappa shape index (κ3) is 7.78. The molecule has 0 fully saturated rings. The predicted octanol–water partition coefficient (Wildman–Crippen LogP) is 7.50. The Hall–Kier alpha value is -3.62. The second kappa shape index (κ2) is 12.4. The maximum absolute atomic E-state index is 6.27. The monoisotopic (exact) mass is 434 g/mol. The van der Waals surface area contributed by atoms with Crippen molar-refractivity contribution in [3.05, 3.63) is 144 Å². The Kier molecular flexibility index (Phi) is 8.50. The lowest BCUT2D eigenvalue weighted by atomic mass is 10.1. The molecule has 0 amide bonds. The van der Waals surface area contributed by atoms with E-state index in [9.17, 15) is 0 Å². The van der Waals surface area contributed by atoms with Crippen molar-refractivity contribution in [2.75, 3.05) is 0 Å². The van der Waals surface area contributed by atoms with Gasteiger partial charge < -0.3 is 9.47 Å². The summed E-state index contributed by atoms with van der Waals surface area (Å²) in [5.41, 5.74) is 4.83. The van der Waals surface area contributed by atoms with Crippen molar-refractivity contribution in [1.29, 1.82) is 0 Å². The number of hydrogen-bond donors (Lipinski definition) is 0. The van der Waals surface area contributed by atoms with Crippen LogP contribution in [0.3, 0.4) is 0 Å². The van der Waals surface area contributed by atoms with E-state index < -0.39 is 0 Å². The Labute approximate surface area is 197 Å². The maximum atomic E-state index is 6.27. The molecule has 4 rings (SSSR count). The molecule has 0 heterocycles. The molecule has 2 heteroatoms. The molecule has 166 valence electrons. The highest BCUT2D eigenvalue weighted by Gasteiger charge is 2.07. The second-order valence-corrected chi connectivity index (χ2v) is 8.06. The first kappa shape index (κ1) is 22.6. The lowest BCUT2D eigenvalue weighted by Crippen LogP contribution is -2.11. The molecule has 4 aromatic carbocycles. The highest BCUT2D eigenvalue weighted by Crippen LogP contribution is 2.18. The van der Waals surface area contributed by atoms with Crippen LogP contribution in [0, 0.1) is 0 Å². The normalized spacial score (nSPS) is 12.0. The maximum Gasteiger partial charge on any atom is 0.119 e. The fourth-order valence-electron chi connectivity index (χ4n) is 3.60. The molecule has 0 aliphatic rings. The van der Waals surface area contributed by atoms with Gasteiger partial charge in [0.2, 0.25) is 0 Å². The summed E-state index contributed by atoms with van der Waals surface area (Å²) in [4.78, 5) is 0. The number of aryl methyl sites for hydroxylation is 1. The molecule has 2 nitrogen and oxygen atoms in total. The summed E-state index contributed by atoms with van der Waals surface area (Å²) in [5, 5.41) is 0. The summed E-state index contributed by atoms with van der Waals surface area (Å²) in [6.07, 6.45) is 6.23. The van der Waals surface area contributed by atoms with Crippen LogP contribution in [-0.4, -0.2) is 6.10 Å². The van der Waals surface area contributed by atoms with Crippen LogP contribution in [0.5, 0.6) is 5.75 Å². The van der Waals surface area contributed by atoms with Crippen molar-refractivity contribution >= 4 is 6.08 Å². The highest BCUT2D eigenvalue weighted by atomic mass is 16.5. The molecule has 0 saturated carbocycles. The lowest BCUT2D eigenvalue weighted by molar-refractivity contribution is 0.0672. The third-order valence-electron chi connectivity index (χ3n) is 5.50. The fourth-order valence-corrected chi connectivity index (χ4v) is 3.60.